The average Bonchev–Trinajstić information content (AvgIpc) is 3.02. The van der Waals surface area contributed by atoms with E-state index in [4.69, 9.17) is 14.6 Å². The van der Waals surface area contributed by atoms with Gasteiger partial charge in [-0.15, -0.1) is 0 Å². The van der Waals surface area contributed by atoms with Crippen molar-refractivity contribution in [2.24, 2.45) is 0 Å². The van der Waals surface area contributed by atoms with Gasteiger partial charge in [0.2, 0.25) is 0 Å². The van der Waals surface area contributed by atoms with Crippen LogP contribution in [0.5, 0.6) is 11.5 Å². The molecule has 134 valence electrons. The molecule has 2 heterocycles. The maximum absolute atomic E-state index is 5.67. The number of methoxy groups -OCH3 is 2. The fourth-order valence-electron chi connectivity index (χ4n) is 3.81. The lowest BCUT2D eigenvalue weighted by molar-refractivity contribution is 0.347. The summed E-state index contributed by atoms with van der Waals surface area (Å²) in [6, 6.07) is 12.5. The van der Waals surface area contributed by atoms with E-state index in [1.807, 2.05) is 29.8 Å². The zero-order valence-corrected chi connectivity index (χ0v) is 15.8. The third-order valence-electron chi connectivity index (χ3n) is 4.87. The monoisotopic (exact) mass is 349 g/mol. The summed E-state index contributed by atoms with van der Waals surface area (Å²) in [5.74, 6) is 1.43. The zero-order chi connectivity index (χ0) is 18.4. The van der Waals surface area contributed by atoms with Crippen molar-refractivity contribution in [2.75, 3.05) is 19.5 Å². The van der Waals surface area contributed by atoms with Crippen LogP contribution in [0.25, 0.3) is 11.3 Å². The maximum atomic E-state index is 5.67. The predicted octanol–water partition coefficient (Wildman–Crippen LogP) is 4.46. The van der Waals surface area contributed by atoms with E-state index in [-0.39, 0.29) is 6.17 Å². The highest BCUT2D eigenvalue weighted by atomic mass is 16.5. The second kappa shape index (κ2) is 6.09. The molecule has 1 aromatic heterocycles. The topological polar surface area (TPSA) is 48.3 Å². The molecule has 5 heteroatoms. The van der Waals surface area contributed by atoms with E-state index in [1.165, 1.54) is 16.7 Å². The fraction of sp³-hybridized carbons (Fsp3) is 0.286. The summed E-state index contributed by atoms with van der Waals surface area (Å²) in [4.78, 5) is 0. The Labute approximate surface area is 153 Å². The second-order valence-corrected chi connectivity index (χ2v) is 6.75. The van der Waals surface area contributed by atoms with Gasteiger partial charge in [-0.05, 0) is 44.5 Å². The number of nitrogens with one attached hydrogen (secondary N) is 1. The molecule has 0 aliphatic carbocycles. The average molecular weight is 349 g/mol. The van der Waals surface area contributed by atoms with Gasteiger partial charge in [0.05, 0.1) is 25.6 Å². The van der Waals surface area contributed by atoms with Gasteiger partial charge in [0.25, 0.3) is 0 Å². The van der Waals surface area contributed by atoms with Gasteiger partial charge in [0.15, 0.2) is 17.7 Å². The molecular formula is C21H23N3O2. The smallest absolute Gasteiger partial charge is 0.167 e. The van der Waals surface area contributed by atoms with Crippen LogP contribution in [-0.4, -0.2) is 24.0 Å². The molecule has 26 heavy (non-hydrogen) atoms. The minimum absolute atomic E-state index is 0.169. The lowest BCUT2D eigenvalue weighted by atomic mass is 9.98. The van der Waals surface area contributed by atoms with E-state index in [0.717, 1.165) is 28.4 Å². The first kappa shape index (κ1) is 16.5. The number of anilines is 1. The van der Waals surface area contributed by atoms with Crippen LogP contribution in [0, 0.1) is 20.8 Å². The Hall–Kier alpha value is -2.95. The lowest BCUT2D eigenvalue weighted by Gasteiger charge is -2.31. The number of hydrogen-bond donors (Lipinski definition) is 1. The van der Waals surface area contributed by atoms with Crippen molar-refractivity contribution in [1.82, 2.24) is 9.78 Å². The molecule has 5 nitrogen and oxygen atoms in total. The second-order valence-electron chi connectivity index (χ2n) is 6.75. The number of aryl methyl sites for hydroxylation is 3. The van der Waals surface area contributed by atoms with Crippen LogP contribution < -0.4 is 14.8 Å². The molecule has 0 spiro atoms. The molecular weight excluding hydrogens is 326 g/mol. The quantitative estimate of drug-likeness (QED) is 0.758. The van der Waals surface area contributed by atoms with E-state index in [1.54, 1.807) is 14.2 Å². The van der Waals surface area contributed by atoms with Crippen molar-refractivity contribution < 1.29 is 9.47 Å². The van der Waals surface area contributed by atoms with Gasteiger partial charge in [-0.2, -0.15) is 5.10 Å². The predicted molar refractivity (Wildman–Crippen MR) is 103 cm³/mol. The first-order valence-electron chi connectivity index (χ1n) is 8.68. The van der Waals surface area contributed by atoms with Crippen molar-refractivity contribution in [3.63, 3.8) is 0 Å². The summed E-state index contributed by atoms with van der Waals surface area (Å²) in [7, 11) is 3.32. The molecule has 1 aliphatic heterocycles. The Kier molecular flexibility index (Phi) is 3.87. The van der Waals surface area contributed by atoms with Crippen molar-refractivity contribution >= 4 is 5.69 Å². The summed E-state index contributed by atoms with van der Waals surface area (Å²) in [6.45, 7) is 6.28. The van der Waals surface area contributed by atoms with E-state index < -0.39 is 0 Å². The third-order valence-corrected chi connectivity index (χ3v) is 4.87. The number of benzene rings is 2. The Morgan fingerprint density at radius 2 is 1.85 bits per heavy atom. The van der Waals surface area contributed by atoms with E-state index in [2.05, 4.69) is 37.4 Å². The number of fused-ring (bicyclic) bond motifs is 3. The van der Waals surface area contributed by atoms with Crippen molar-refractivity contribution in [3.05, 3.63) is 58.8 Å². The number of aromatic nitrogens is 2. The molecule has 0 fully saturated rings. The highest BCUT2D eigenvalue weighted by Gasteiger charge is 2.30. The van der Waals surface area contributed by atoms with Crippen LogP contribution in [0.2, 0.25) is 0 Å². The van der Waals surface area contributed by atoms with Crippen molar-refractivity contribution in [3.8, 4) is 22.8 Å². The summed E-state index contributed by atoms with van der Waals surface area (Å²) in [5.41, 5.74) is 7.86. The van der Waals surface area contributed by atoms with Crippen LogP contribution in [0.15, 0.2) is 36.4 Å². The summed E-state index contributed by atoms with van der Waals surface area (Å²) in [5, 5.41) is 8.43. The summed E-state index contributed by atoms with van der Waals surface area (Å²) < 4.78 is 13.2. The first-order valence-corrected chi connectivity index (χ1v) is 8.68. The Morgan fingerprint density at radius 1 is 1.04 bits per heavy atom. The zero-order valence-electron chi connectivity index (χ0n) is 15.8. The largest absolute Gasteiger partial charge is 0.493 e. The first-order chi connectivity index (χ1) is 12.5. The number of para-hydroxylation sites is 1. The fourth-order valence-corrected chi connectivity index (χ4v) is 3.81. The van der Waals surface area contributed by atoms with E-state index >= 15 is 0 Å². The normalized spacial score (nSPS) is 15.0. The summed E-state index contributed by atoms with van der Waals surface area (Å²) >= 11 is 0. The number of nitrogens with zero attached hydrogens (tertiary/aromatic N) is 2. The Morgan fingerprint density at radius 3 is 2.58 bits per heavy atom. The maximum Gasteiger partial charge on any atom is 0.167 e. The lowest BCUT2D eigenvalue weighted by Crippen LogP contribution is -2.26. The number of hydrogen-bond acceptors (Lipinski definition) is 4. The Balaban J connectivity index is 1.96. The van der Waals surface area contributed by atoms with Crippen LogP contribution in [0.1, 0.15) is 28.6 Å². The molecule has 0 radical (unpaired) electrons. The van der Waals surface area contributed by atoms with Gasteiger partial charge in [0.1, 0.15) is 0 Å². The summed E-state index contributed by atoms with van der Waals surface area (Å²) in [6.07, 6.45) is -0.169. The van der Waals surface area contributed by atoms with Gasteiger partial charge in [-0.25, -0.2) is 4.68 Å². The number of rotatable bonds is 3. The molecule has 2 aromatic carbocycles. The molecule has 1 atom stereocenters. The Bertz CT molecular complexity index is 991. The SMILES string of the molecule is COc1cccc([C@@H]2Nc3c(C)cc(C)cc3-c3cc(C)nn32)c1OC. The molecule has 3 aromatic rings. The number of ether oxygens (including phenoxy) is 2. The van der Waals surface area contributed by atoms with Gasteiger partial charge in [0, 0.05) is 16.8 Å². The molecule has 1 N–H and O–H groups in total. The molecule has 1 aliphatic rings. The van der Waals surface area contributed by atoms with Crippen molar-refractivity contribution in [1.29, 1.82) is 0 Å². The molecule has 4 rings (SSSR count). The van der Waals surface area contributed by atoms with Gasteiger partial charge < -0.3 is 14.8 Å². The minimum atomic E-state index is -0.169. The van der Waals surface area contributed by atoms with Gasteiger partial charge >= 0.3 is 0 Å². The standard InChI is InChI=1S/C21H23N3O2/c1-12-9-13(2)19-16(10-12)17-11-14(3)23-24(17)21(22-19)15-7-6-8-18(25-4)20(15)26-5/h6-11,21-22H,1-5H3/t21-/m1/s1. The van der Waals surface area contributed by atoms with Crippen LogP contribution in [0.3, 0.4) is 0 Å². The van der Waals surface area contributed by atoms with Gasteiger partial charge in [-0.1, -0.05) is 23.8 Å². The molecule has 0 bridgehead atoms. The van der Waals surface area contributed by atoms with Crippen LogP contribution >= 0.6 is 0 Å². The van der Waals surface area contributed by atoms with E-state index in [0.29, 0.717) is 5.75 Å². The van der Waals surface area contributed by atoms with Crippen LogP contribution in [-0.2, 0) is 0 Å². The highest BCUT2D eigenvalue weighted by Crippen LogP contribution is 2.44. The molecule has 0 saturated carbocycles. The molecule has 0 unspecified atom stereocenters. The molecule has 0 amide bonds. The van der Waals surface area contributed by atoms with Gasteiger partial charge in [-0.3, -0.25) is 0 Å². The highest BCUT2D eigenvalue weighted by molar-refractivity contribution is 5.82. The van der Waals surface area contributed by atoms with Crippen molar-refractivity contribution in [2.45, 2.75) is 26.9 Å². The minimum Gasteiger partial charge on any atom is -0.493 e. The third kappa shape index (κ3) is 2.43. The van der Waals surface area contributed by atoms with E-state index in [9.17, 15) is 0 Å². The van der Waals surface area contributed by atoms with Crippen LogP contribution in [0.4, 0.5) is 5.69 Å². The molecule has 0 saturated heterocycles.